The van der Waals surface area contributed by atoms with Gasteiger partial charge in [-0.3, -0.25) is 5.41 Å². The molecule has 0 aliphatic carbocycles. The maximum Gasteiger partial charge on any atom is 0.0923 e. The standard InChI is InChI=1S/C11H12ClN3/c12-9-3-1-2-8-4-6-15(11(8)9)7-5-10(13)14/h1-4,6H,5,7H2,(H3,13,14). The average molecular weight is 222 g/mol. The van der Waals surface area contributed by atoms with Gasteiger partial charge >= 0.3 is 0 Å². The van der Waals surface area contributed by atoms with Gasteiger partial charge in [-0.15, -0.1) is 0 Å². The van der Waals surface area contributed by atoms with E-state index in [1.54, 1.807) is 0 Å². The van der Waals surface area contributed by atoms with E-state index in [1.165, 1.54) is 0 Å². The van der Waals surface area contributed by atoms with E-state index in [0.717, 1.165) is 15.9 Å². The normalized spacial score (nSPS) is 10.7. The second-order valence-corrected chi connectivity index (χ2v) is 3.87. The van der Waals surface area contributed by atoms with E-state index in [9.17, 15) is 0 Å². The molecule has 2 rings (SSSR count). The molecule has 2 aromatic rings. The minimum atomic E-state index is 0.198. The number of halogens is 1. The minimum absolute atomic E-state index is 0.198. The zero-order valence-corrected chi connectivity index (χ0v) is 8.96. The number of hydrogen-bond acceptors (Lipinski definition) is 1. The lowest BCUT2D eigenvalue weighted by atomic mass is 10.2. The molecule has 0 aliphatic rings. The van der Waals surface area contributed by atoms with Crippen molar-refractivity contribution in [2.75, 3.05) is 0 Å². The summed E-state index contributed by atoms with van der Waals surface area (Å²) >= 11 is 6.11. The van der Waals surface area contributed by atoms with Crippen molar-refractivity contribution in [3.05, 3.63) is 35.5 Å². The topological polar surface area (TPSA) is 54.8 Å². The highest BCUT2D eigenvalue weighted by Gasteiger charge is 2.04. The highest BCUT2D eigenvalue weighted by molar-refractivity contribution is 6.35. The molecule has 0 saturated heterocycles. The Kier molecular flexibility index (Phi) is 2.64. The van der Waals surface area contributed by atoms with Crippen molar-refractivity contribution in [1.82, 2.24) is 4.57 Å². The Morgan fingerprint density at radius 2 is 2.20 bits per heavy atom. The lowest BCUT2D eigenvalue weighted by molar-refractivity contribution is 0.750. The Bertz CT molecular complexity index is 502. The van der Waals surface area contributed by atoms with E-state index >= 15 is 0 Å². The summed E-state index contributed by atoms with van der Waals surface area (Å²) in [6.45, 7) is 0.697. The van der Waals surface area contributed by atoms with Crippen LogP contribution in [-0.4, -0.2) is 10.4 Å². The average Bonchev–Trinajstić information content (AvgIpc) is 2.59. The van der Waals surface area contributed by atoms with Gasteiger partial charge < -0.3 is 10.3 Å². The Morgan fingerprint density at radius 1 is 1.40 bits per heavy atom. The third-order valence-corrected chi connectivity index (χ3v) is 2.67. The number of amidine groups is 1. The molecule has 1 heterocycles. The van der Waals surface area contributed by atoms with E-state index < -0.39 is 0 Å². The number of aromatic nitrogens is 1. The molecule has 0 bridgehead atoms. The van der Waals surface area contributed by atoms with Gasteiger partial charge in [-0.2, -0.15) is 0 Å². The molecule has 0 fully saturated rings. The van der Waals surface area contributed by atoms with Crippen LogP contribution in [0.3, 0.4) is 0 Å². The van der Waals surface area contributed by atoms with Crippen molar-refractivity contribution in [2.45, 2.75) is 13.0 Å². The summed E-state index contributed by atoms with van der Waals surface area (Å²) in [4.78, 5) is 0. The van der Waals surface area contributed by atoms with Crippen molar-refractivity contribution < 1.29 is 0 Å². The van der Waals surface area contributed by atoms with E-state index in [4.69, 9.17) is 22.7 Å². The van der Waals surface area contributed by atoms with Crippen molar-refractivity contribution >= 4 is 28.3 Å². The summed E-state index contributed by atoms with van der Waals surface area (Å²) in [7, 11) is 0. The van der Waals surface area contributed by atoms with Gasteiger partial charge in [0, 0.05) is 24.5 Å². The number of aryl methyl sites for hydroxylation is 1. The maximum atomic E-state index is 7.19. The van der Waals surface area contributed by atoms with Crippen LogP contribution in [-0.2, 0) is 6.54 Å². The van der Waals surface area contributed by atoms with Gasteiger partial charge in [-0.1, -0.05) is 23.7 Å². The van der Waals surface area contributed by atoms with Crippen LogP contribution >= 0.6 is 11.6 Å². The van der Waals surface area contributed by atoms with E-state index in [-0.39, 0.29) is 5.84 Å². The molecule has 3 N–H and O–H groups in total. The van der Waals surface area contributed by atoms with Crippen LogP contribution in [0.1, 0.15) is 6.42 Å². The Balaban J connectivity index is 2.39. The summed E-state index contributed by atoms with van der Waals surface area (Å²) in [5, 5.41) is 9.04. The van der Waals surface area contributed by atoms with Gasteiger partial charge in [-0.25, -0.2) is 0 Å². The highest BCUT2D eigenvalue weighted by atomic mass is 35.5. The predicted octanol–water partition coefficient (Wildman–Crippen LogP) is 2.62. The number of hydrogen-bond donors (Lipinski definition) is 2. The number of benzene rings is 1. The molecule has 0 spiro atoms. The summed E-state index contributed by atoms with van der Waals surface area (Å²) in [6, 6.07) is 7.83. The number of nitrogens with two attached hydrogens (primary N) is 1. The Morgan fingerprint density at radius 3 is 2.93 bits per heavy atom. The molecule has 0 radical (unpaired) electrons. The molecule has 0 saturated carbocycles. The van der Waals surface area contributed by atoms with Gasteiger partial charge in [0.25, 0.3) is 0 Å². The largest absolute Gasteiger partial charge is 0.388 e. The third-order valence-electron chi connectivity index (χ3n) is 2.36. The van der Waals surface area contributed by atoms with Crippen LogP contribution in [0.15, 0.2) is 30.5 Å². The molecule has 78 valence electrons. The molecule has 0 aliphatic heterocycles. The first kappa shape index (κ1) is 10.1. The van der Waals surface area contributed by atoms with Gasteiger partial charge in [0.05, 0.1) is 16.4 Å². The maximum absolute atomic E-state index is 7.19. The van der Waals surface area contributed by atoms with Crippen LogP contribution in [0.25, 0.3) is 10.9 Å². The monoisotopic (exact) mass is 221 g/mol. The van der Waals surface area contributed by atoms with Gasteiger partial charge in [0.1, 0.15) is 0 Å². The molecule has 0 atom stereocenters. The molecule has 1 aromatic carbocycles. The molecular weight excluding hydrogens is 210 g/mol. The van der Waals surface area contributed by atoms with E-state index in [1.807, 2.05) is 35.0 Å². The molecular formula is C11H12ClN3. The molecule has 0 unspecified atom stereocenters. The highest BCUT2D eigenvalue weighted by Crippen LogP contribution is 2.24. The molecule has 15 heavy (non-hydrogen) atoms. The first-order valence-corrected chi connectivity index (χ1v) is 5.12. The first-order chi connectivity index (χ1) is 7.18. The molecule has 0 amide bonds. The second kappa shape index (κ2) is 3.95. The molecule has 3 nitrogen and oxygen atoms in total. The smallest absolute Gasteiger partial charge is 0.0923 e. The van der Waals surface area contributed by atoms with E-state index in [0.29, 0.717) is 13.0 Å². The number of para-hydroxylation sites is 1. The fourth-order valence-electron chi connectivity index (χ4n) is 1.64. The molecule has 4 heteroatoms. The second-order valence-electron chi connectivity index (χ2n) is 3.46. The van der Waals surface area contributed by atoms with Gasteiger partial charge in [0.2, 0.25) is 0 Å². The number of fused-ring (bicyclic) bond motifs is 1. The van der Waals surface area contributed by atoms with Crippen molar-refractivity contribution in [3.8, 4) is 0 Å². The van der Waals surface area contributed by atoms with Crippen LogP contribution in [0.2, 0.25) is 5.02 Å². The summed E-state index contributed by atoms with van der Waals surface area (Å²) < 4.78 is 2.03. The van der Waals surface area contributed by atoms with Crippen molar-refractivity contribution in [1.29, 1.82) is 5.41 Å². The predicted molar refractivity (Wildman–Crippen MR) is 63.5 cm³/mol. The molecule has 1 aromatic heterocycles. The quantitative estimate of drug-likeness (QED) is 0.608. The zero-order valence-electron chi connectivity index (χ0n) is 8.20. The Labute approximate surface area is 93.0 Å². The minimum Gasteiger partial charge on any atom is -0.388 e. The van der Waals surface area contributed by atoms with Crippen LogP contribution < -0.4 is 5.73 Å². The van der Waals surface area contributed by atoms with Gasteiger partial charge in [0.15, 0.2) is 0 Å². The number of rotatable bonds is 3. The number of nitrogens with one attached hydrogen (secondary N) is 1. The van der Waals surface area contributed by atoms with Crippen LogP contribution in [0, 0.1) is 5.41 Å². The van der Waals surface area contributed by atoms with E-state index in [2.05, 4.69) is 0 Å². The lowest BCUT2D eigenvalue weighted by Crippen LogP contribution is -2.12. The van der Waals surface area contributed by atoms with Crippen molar-refractivity contribution in [3.63, 3.8) is 0 Å². The van der Waals surface area contributed by atoms with Crippen LogP contribution in [0.4, 0.5) is 0 Å². The van der Waals surface area contributed by atoms with Crippen molar-refractivity contribution in [2.24, 2.45) is 5.73 Å². The van der Waals surface area contributed by atoms with Gasteiger partial charge in [-0.05, 0) is 12.1 Å². The Hall–Kier alpha value is -1.48. The summed E-state index contributed by atoms with van der Waals surface area (Å²) in [6.07, 6.45) is 2.52. The summed E-state index contributed by atoms with van der Waals surface area (Å²) in [5.74, 6) is 0.198. The zero-order chi connectivity index (χ0) is 10.8. The van der Waals surface area contributed by atoms with Crippen LogP contribution in [0.5, 0.6) is 0 Å². The number of nitrogens with zero attached hydrogens (tertiary/aromatic N) is 1. The SMILES string of the molecule is N=C(N)CCn1ccc2cccc(Cl)c21. The third kappa shape index (κ3) is 1.97. The lowest BCUT2D eigenvalue weighted by Gasteiger charge is -2.05. The fraction of sp³-hybridized carbons (Fsp3) is 0.182. The first-order valence-electron chi connectivity index (χ1n) is 4.75. The summed E-state index contributed by atoms with van der Waals surface area (Å²) in [5.41, 5.74) is 6.34. The fourth-order valence-corrected chi connectivity index (χ4v) is 1.93.